The number of ether oxygens (including phenoxy) is 2. The molecule has 0 radical (unpaired) electrons. The summed E-state index contributed by atoms with van der Waals surface area (Å²) < 4.78 is 10.6. The van der Waals surface area contributed by atoms with Gasteiger partial charge in [-0.15, -0.1) is 11.3 Å². The molecule has 3 rings (SSSR count). The maximum absolute atomic E-state index is 13.2. The van der Waals surface area contributed by atoms with Crippen LogP contribution in [0.3, 0.4) is 0 Å². The second kappa shape index (κ2) is 12.5. The van der Waals surface area contributed by atoms with Gasteiger partial charge in [0.25, 0.3) is 0 Å². The molecule has 0 bridgehead atoms. The quantitative estimate of drug-likeness (QED) is 0.340. The molecule has 190 valence electrons. The fourth-order valence-electron chi connectivity index (χ4n) is 5.10. The first-order valence-electron chi connectivity index (χ1n) is 12.7. The molecule has 0 N–H and O–H groups in total. The number of rotatable bonds is 10. The highest BCUT2D eigenvalue weighted by Gasteiger charge is 2.35. The van der Waals surface area contributed by atoms with E-state index in [9.17, 15) is 14.4 Å². The normalized spacial score (nSPS) is 20.9. The van der Waals surface area contributed by atoms with Crippen LogP contribution in [-0.2, 0) is 25.5 Å². The number of benzene rings is 1. The molecule has 5 nitrogen and oxygen atoms in total. The van der Waals surface area contributed by atoms with Gasteiger partial charge in [-0.2, -0.15) is 0 Å². The zero-order valence-corrected chi connectivity index (χ0v) is 22.4. The number of thiophene rings is 1. The van der Waals surface area contributed by atoms with Crippen LogP contribution >= 0.6 is 11.3 Å². The van der Waals surface area contributed by atoms with Gasteiger partial charge in [-0.3, -0.25) is 9.59 Å². The third-order valence-electron chi connectivity index (χ3n) is 7.21. The minimum absolute atomic E-state index is 0.192. The van der Waals surface area contributed by atoms with Crippen LogP contribution in [-0.4, -0.2) is 30.9 Å². The smallest absolute Gasteiger partial charge is 0.348 e. The summed E-state index contributed by atoms with van der Waals surface area (Å²) in [4.78, 5) is 39.0. The van der Waals surface area contributed by atoms with E-state index >= 15 is 0 Å². The molecule has 1 fully saturated rings. The zero-order chi connectivity index (χ0) is 25.5. The highest BCUT2D eigenvalue weighted by atomic mass is 32.1. The van der Waals surface area contributed by atoms with Gasteiger partial charge in [-0.25, -0.2) is 4.79 Å². The van der Waals surface area contributed by atoms with E-state index in [1.807, 2.05) is 30.3 Å². The van der Waals surface area contributed by atoms with Crippen LogP contribution < -0.4 is 0 Å². The number of hydrogen-bond donors (Lipinski definition) is 0. The van der Waals surface area contributed by atoms with Crippen LogP contribution in [0.5, 0.6) is 0 Å². The van der Waals surface area contributed by atoms with Crippen molar-refractivity contribution >= 4 is 29.1 Å². The maximum Gasteiger partial charge on any atom is 0.348 e. The van der Waals surface area contributed by atoms with Gasteiger partial charge in [0, 0.05) is 18.2 Å². The Morgan fingerprint density at radius 2 is 1.83 bits per heavy atom. The van der Waals surface area contributed by atoms with Crippen molar-refractivity contribution in [1.29, 1.82) is 0 Å². The Hall–Kier alpha value is -2.47. The average molecular weight is 499 g/mol. The van der Waals surface area contributed by atoms with Crippen LogP contribution in [0.4, 0.5) is 0 Å². The SMILES string of the molecule is COC(=O)c1sc(-c2ccccc2)cc1CC(CCC(=O)C1CCC(C)CC1OC(C)=O)C(C)C. The molecule has 1 heterocycles. The monoisotopic (exact) mass is 498 g/mol. The third kappa shape index (κ3) is 7.26. The summed E-state index contributed by atoms with van der Waals surface area (Å²) in [5, 5.41) is 0. The predicted molar refractivity (Wildman–Crippen MR) is 139 cm³/mol. The Balaban J connectivity index is 1.73. The summed E-state index contributed by atoms with van der Waals surface area (Å²) in [5.74, 6) is 0.409. The van der Waals surface area contributed by atoms with E-state index in [-0.39, 0.29) is 35.7 Å². The second-order valence-electron chi connectivity index (χ2n) is 10.2. The minimum Gasteiger partial charge on any atom is -0.465 e. The summed E-state index contributed by atoms with van der Waals surface area (Å²) in [6.45, 7) is 7.90. The molecular weight excluding hydrogens is 460 g/mol. The highest BCUT2D eigenvalue weighted by Crippen LogP contribution is 2.36. The van der Waals surface area contributed by atoms with Gasteiger partial charge >= 0.3 is 11.9 Å². The summed E-state index contributed by atoms with van der Waals surface area (Å²) >= 11 is 1.46. The van der Waals surface area contributed by atoms with Gasteiger partial charge < -0.3 is 9.47 Å². The largest absolute Gasteiger partial charge is 0.465 e. The fraction of sp³-hybridized carbons (Fsp3) is 0.552. The first-order valence-corrected chi connectivity index (χ1v) is 13.5. The van der Waals surface area contributed by atoms with E-state index in [1.165, 1.54) is 25.4 Å². The molecule has 6 heteroatoms. The Kier molecular flexibility index (Phi) is 9.67. The molecule has 2 aromatic rings. The van der Waals surface area contributed by atoms with Crippen molar-refractivity contribution in [2.45, 2.75) is 72.3 Å². The molecule has 1 aliphatic rings. The molecule has 35 heavy (non-hydrogen) atoms. The predicted octanol–water partition coefficient (Wildman–Crippen LogP) is 6.73. The number of Topliss-reactive ketones (excluding diaryl/α,β-unsaturated/α-hetero) is 1. The van der Waals surface area contributed by atoms with E-state index in [0.29, 0.717) is 29.6 Å². The molecule has 0 spiro atoms. The van der Waals surface area contributed by atoms with E-state index < -0.39 is 0 Å². The zero-order valence-electron chi connectivity index (χ0n) is 21.5. The first-order chi connectivity index (χ1) is 16.7. The van der Waals surface area contributed by atoms with Crippen molar-refractivity contribution in [3.63, 3.8) is 0 Å². The van der Waals surface area contributed by atoms with Crippen molar-refractivity contribution < 1.29 is 23.9 Å². The number of hydrogen-bond acceptors (Lipinski definition) is 6. The van der Waals surface area contributed by atoms with Gasteiger partial charge in [0.15, 0.2) is 0 Å². The van der Waals surface area contributed by atoms with Crippen LogP contribution in [0.25, 0.3) is 10.4 Å². The van der Waals surface area contributed by atoms with Gasteiger partial charge in [-0.05, 0) is 67.1 Å². The van der Waals surface area contributed by atoms with Gasteiger partial charge in [0.2, 0.25) is 0 Å². The van der Waals surface area contributed by atoms with E-state index in [1.54, 1.807) is 0 Å². The summed E-state index contributed by atoms with van der Waals surface area (Å²) in [6, 6.07) is 12.1. The minimum atomic E-state index is -0.316. The molecule has 1 aromatic carbocycles. The molecule has 0 amide bonds. The Morgan fingerprint density at radius 3 is 2.46 bits per heavy atom. The van der Waals surface area contributed by atoms with Crippen molar-refractivity contribution in [1.82, 2.24) is 0 Å². The molecule has 4 atom stereocenters. The lowest BCUT2D eigenvalue weighted by molar-refractivity contribution is -0.154. The summed E-state index contributed by atoms with van der Waals surface area (Å²) in [5.41, 5.74) is 2.06. The molecule has 1 aliphatic carbocycles. The fourth-order valence-corrected chi connectivity index (χ4v) is 6.21. The first kappa shape index (κ1) is 27.1. The maximum atomic E-state index is 13.2. The average Bonchev–Trinajstić information content (AvgIpc) is 3.25. The van der Waals surface area contributed by atoms with Crippen LogP contribution in [0.15, 0.2) is 36.4 Å². The number of ketones is 1. The van der Waals surface area contributed by atoms with E-state index in [2.05, 4.69) is 26.8 Å². The van der Waals surface area contributed by atoms with Crippen molar-refractivity contribution in [3.05, 3.63) is 46.8 Å². The summed E-state index contributed by atoms with van der Waals surface area (Å²) in [6.07, 6.45) is 4.13. The van der Waals surface area contributed by atoms with Gasteiger partial charge in [-0.1, -0.05) is 51.1 Å². The number of methoxy groups -OCH3 is 1. The highest BCUT2D eigenvalue weighted by molar-refractivity contribution is 7.17. The lowest BCUT2D eigenvalue weighted by Crippen LogP contribution is -2.37. The van der Waals surface area contributed by atoms with Crippen LogP contribution in [0.1, 0.15) is 75.0 Å². The number of carbonyl (C=O) groups is 3. The molecular formula is C29H38O5S. The second-order valence-corrected chi connectivity index (χ2v) is 11.3. The van der Waals surface area contributed by atoms with Crippen molar-refractivity contribution in [2.75, 3.05) is 7.11 Å². The van der Waals surface area contributed by atoms with Crippen molar-refractivity contribution in [2.24, 2.45) is 23.7 Å². The molecule has 4 unspecified atom stereocenters. The third-order valence-corrected chi connectivity index (χ3v) is 8.42. The molecule has 1 aromatic heterocycles. The van der Waals surface area contributed by atoms with Crippen LogP contribution in [0.2, 0.25) is 0 Å². The van der Waals surface area contributed by atoms with Crippen LogP contribution in [0, 0.1) is 23.7 Å². The van der Waals surface area contributed by atoms with Gasteiger partial charge in [0.05, 0.1) is 13.0 Å². The molecule has 1 saturated carbocycles. The lowest BCUT2D eigenvalue weighted by Gasteiger charge is -2.33. The van der Waals surface area contributed by atoms with E-state index in [4.69, 9.17) is 9.47 Å². The van der Waals surface area contributed by atoms with E-state index in [0.717, 1.165) is 41.7 Å². The number of carbonyl (C=O) groups excluding carboxylic acids is 3. The standard InChI is InChI=1S/C29H38O5S/c1-18(2)22(12-14-25(31)24-13-11-19(3)15-26(24)34-20(4)30)16-23-17-27(21-9-7-6-8-10-21)35-28(23)29(32)33-5/h6-10,17-19,22,24,26H,11-16H2,1-5H3. The Labute approximate surface area is 213 Å². The summed E-state index contributed by atoms with van der Waals surface area (Å²) in [7, 11) is 1.41. The molecule has 0 aliphatic heterocycles. The Morgan fingerprint density at radius 1 is 1.11 bits per heavy atom. The van der Waals surface area contributed by atoms with Gasteiger partial charge in [0.1, 0.15) is 16.8 Å². The lowest BCUT2D eigenvalue weighted by atomic mass is 9.76. The topological polar surface area (TPSA) is 69.7 Å². The Bertz CT molecular complexity index is 1010. The number of esters is 2. The molecule has 0 saturated heterocycles. The van der Waals surface area contributed by atoms with Crippen molar-refractivity contribution in [3.8, 4) is 10.4 Å².